The summed E-state index contributed by atoms with van der Waals surface area (Å²) in [5.41, 5.74) is 0. The summed E-state index contributed by atoms with van der Waals surface area (Å²) >= 11 is 1.62. The zero-order valence-electron chi connectivity index (χ0n) is 16.8. The third-order valence-corrected chi connectivity index (χ3v) is 8.44. The quantitative estimate of drug-likeness (QED) is 0.815. The van der Waals surface area contributed by atoms with Crippen molar-refractivity contribution >= 4 is 28.7 Å². The molecule has 156 valence electrons. The van der Waals surface area contributed by atoms with E-state index in [2.05, 4.69) is 10.5 Å². The standard InChI is InChI=1S/C21H28N4O3S/c1-21(12-13-5-8-25(9-6-13)18(26)17-4-7-22-28-17)19(27)24-20(29-21)23-16-11-14-2-3-15(16)10-14/h4,7,13-16H,2-3,5-6,8-12H2,1H3,(H,23,24,27)/t14-,15-,16-,21?/m0/s1. The minimum Gasteiger partial charge on any atom is -0.351 e. The lowest BCUT2D eigenvalue weighted by atomic mass is 9.87. The molecule has 8 heteroatoms. The van der Waals surface area contributed by atoms with E-state index in [0.29, 0.717) is 30.8 Å². The van der Waals surface area contributed by atoms with Crippen LogP contribution in [-0.2, 0) is 4.79 Å². The number of carbonyl (C=O) groups excluding carboxylic acids is 2. The Balaban J connectivity index is 1.16. The monoisotopic (exact) mass is 416 g/mol. The first kappa shape index (κ1) is 19.2. The van der Waals surface area contributed by atoms with E-state index in [-0.39, 0.29) is 11.8 Å². The number of aliphatic imine (C=N–C) groups is 1. The number of hydrogen-bond donors (Lipinski definition) is 1. The minimum atomic E-state index is -0.460. The lowest BCUT2D eigenvalue weighted by Crippen LogP contribution is -2.41. The molecule has 2 saturated carbocycles. The minimum absolute atomic E-state index is 0.0876. The van der Waals surface area contributed by atoms with Gasteiger partial charge in [0.1, 0.15) is 0 Å². The van der Waals surface area contributed by atoms with Gasteiger partial charge in [-0.05, 0) is 63.2 Å². The first-order valence-electron chi connectivity index (χ1n) is 10.8. The molecule has 1 aromatic rings. The molecule has 5 rings (SSSR count). The molecule has 4 aliphatic rings. The topological polar surface area (TPSA) is 87.8 Å². The Labute approximate surface area is 175 Å². The number of thioether (sulfide) groups is 1. The summed E-state index contributed by atoms with van der Waals surface area (Å²) in [6.45, 7) is 3.43. The highest BCUT2D eigenvalue weighted by Crippen LogP contribution is 2.47. The summed E-state index contributed by atoms with van der Waals surface area (Å²) in [4.78, 5) is 31.9. The Morgan fingerprint density at radius 2 is 2.17 bits per heavy atom. The molecule has 1 N–H and O–H groups in total. The van der Waals surface area contributed by atoms with E-state index < -0.39 is 4.75 Å². The van der Waals surface area contributed by atoms with Crippen LogP contribution in [0.25, 0.3) is 0 Å². The van der Waals surface area contributed by atoms with E-state index in [0.717, 1.165) is 36.3 Å². The molecule has 2 amide bonds. The van der Waals surface area contributed by atoms with Crippen molar-refractivity contribution in [2.75, 3.05) is 13.1 Å². The van der Waals surface area contributed by atoms with Crippen LogP contribution in [0.15, 0.2) is 21.8 Å². The fourth-order valence-electron chi connectivity index (χ4n) is 5.60. The van der Waals surface area contributed by atoms with Gasteiger partial charge in [0.15, 0.2) is 5.17 Å². The van der Waals surface area contributed by atoms with Gasteiger partial charge in [-0.15, -0.1) is 0 Å². The summed E-state index contributed by atoms with van der Waals surface area (Å²) in [7, 11) is 0. The molecule has 3 heterocycles. The number of rotatable bonds is 4. The van der Waals surface area contributed by atoms with Gasteiger partial charge in [-0.1, -0.05) is 23.3 Å². The fraction of sp³-hybridized carbons (Fsp3) is 0.714. The van der Waals surface area contributed by atoms with Gasteiger partial charge in [-0.25, -0.2) is 0 Å². The molecule has 2 bridgehead atoms. The first-order chi connectivity index (χ1) is 14.0. The number of aromatic nitrogens is 1. The number of carbonyl (C=O) groups is 2. The molecule has 7 nitrogen and oxygen atoms in total. The van der Waals surface area contributed by atoms with Crippen molar-refractivity contribution < 1.29 is 14.1 Å². The van der Waals surface area contributed by atoms with Crippen molar-refractivity contribution in [3.8, 4) is 0 Å². The predicted molar refractivity (Wildman–Crippen MR) is 111 cm³/mol. The van der Waals surface area contributed by atoms with Crippen molar-refractivity contribution in [2.24, 2.45) is 22.7 Å². The first-order valence-corrected chi connectivity index (χ1v) is 11.6. The molecule has 0 radical (unpaired) electrons. The van der Waals surface area contributed by atoms with Gasteiger partial charge in [0.2, 0.25) is 11.7 Å². The third-order valence-electron chi connectivity index (χ3n) is 7.24. The average molecular weight is 417 g/mol. The van der Waals surface area contributed by atoms with Crippen molar-refractivity contribution in [2.45, 2.75) is 62.7 Å². The Bertz CT molecular complexity index is 818. The van der Waals surface area contributed by atoms with Crippen molar-refractivity contribution in [1.82, 2.24) is 15.4 Å². The van der Waals surface area contributed by atoms with E-state index >= 15 is 0 Å². The number of piperidine rings is 1. The number of amidine groups is 1. The number of likely N-dealkylation sites (tertiary alicyclic amines) is 1. The third kappa shape index (κ3) is 3.71. The van der Waals surface area contributed by atoms with E-state index in [9.17, 15) is 9.59 Å². The molecule has 0 spiro atoms. The molecular formula is C21H28N4O3S. The van der Waals surface area contributed by atoms with Crippen LogP contribution in [0.2, 0.25) is 0 Å². The second-order valence-corrected chi connectivity index (χ2v) is 10.8. The number of fused-ring (bicyclic) bond motifs is 2. The largest absolute Gasteiger partial charge is 0.351 e. The van der Waals surface area contributed by atoms with Crippen LogP contribution in [-0.4, -0.2) is 50.9 Å². The smallest absolute Gasteiger partial charge is 0.292 e. The molecule has 1 unspecified atom stereocenters. The van der Waals surface area contributed by atoms with E-state index in [1.807, 2.05) is 11.8 Å². The van der Waals surface area contributed by atoms with Gasteiger partial charge in [-0.2, -0.15) is 0 Å². The van der Waals surface area contributed by atoms with Gasteiger partial charge >= 0.3 is 0 Å². The molecule has 4 fully saturated rings. The average Bonchev–Trinajstić information content (AvgIpc) is 3.48. The number of nitrogens with zero attached hydrogens (tertiary/aromatic N) is 3. The zero-order valence-corrected chi connectivity index (χ0v) is 17.6. The highest BCUT2D eigenvalue weighted by molar-refractivity contribution is 8.16. The van der Waals surface area contributed by atoms with Gasteiger partial charge in [0.05, 0.1) is 17.0 Å². The Morgan fingerprint density at radius 3 is 2.83 bits per heavy atom. The van der Waals surface area contributed by atoms with Gasteiger partial charge in [0, 0.05) is 19.2 Å². The lowest BCUT2D eigenvalue weighted by molar-refractivity contribution is -0.121. The Kier molecular flexibility index (Phi) is 4.92. The zero-order chi connectivity index (χ0) is 20.0. The summed E-state index contributed by atoms with van der Waals surface area (Å²) < 4.78 is 4.53. The Morgan fingerprint density at radius 1 is 1.34 bits per heavy atom. The number of hydrogen-bond acceptors (Lipinski definition) is 6. The highest BCUT2D eigenvalue weighted by atomic mass is 32.2. The molecule has 4 atom stereocenters. The van der Waals surface area contributed by atoms with Crippen LogP contribution >= 0.6 is 11.8 Å². The van der Waals surface area contributed by atoms with Gasteiger partial charge in [0.25, 0.3) is 5.91 Å². The highest BCUT2D eigenvalue weighted by Gasteiger charge is 2.46. The molecular weight excluding hydrogens is 388 g/mol. The van der Waals surface area contributed by atoms with Crippen molar-refractivity contribution in [1.29, 1.82) is 0 Å². The van der Waals surface area contributed by atoms with Crippen LogP contribution in [0.1, 0.15) is 62.4 Å². The van der Waals surface area contributed by atoms with Crippen LogP contribution in [0, 0.1) is 17.8 Å². The summed E-state index contributed by atoms with van der Waals surface area (Å²) in [6, 6.07) is 2.01. The fourth-order valence-corrected chi connectivity index (χ4v) is 6.82. The molecule has 2 saturated heterocycles. The van der Waals surface area contributed by atoms with E-state index in [1.54, 1.807) is 17.8 Å². The molecule has 29 heavy (non-hydrogen) atoms. The second kappa shape index (κ2) is 7.45. The van der Waals surface area contributed by atoms with Crippen LogP contribution in [0.5, 0.6) is 0 Å². The summed E-state index contributed by atoms with van der Waals surface area (Å²) in [5, 5.41) is 7.50. The second-order valence-electron chi connectivity index (χ2n) is 9.28. The van der Waals surface area contributed by atoms with Crippen LogP contribution in [0.3, 0.4) is 0 Å². The molecule has 0 aromatic carbocycles. The number of amides is 2. The van der Waals surface area contributed by atoms with Gasteiger partial charge in [-0.3, -0.25) is 14.6 Å². The number of nitrogens with one attached hydrogen (secondary N) is 1. The van der Waals surface area contributed by atoms with Crippen LogP contribution in [0.4, 0.5) is 0 Å². The van der Waals surface area contributed by atoms with E-state index in [1.165, 1.54) is 31.9 Å². The molecule has 2 aliphatic carbocycles. The van der Waals surface area contributed by atoms with Crippen molar-refractivity contribution in [3.05, 3.63) is 18.0 Å². The maximum Gasteiger partial charge on any atom is 0.292 e. The van der Waals surface area contributed by atoms with Crippen molar-refractivity contribution in [3.63, 3.8) is 0 Å². The summed E-state index contributed by atoms with van der Waals surface area (Å²) in [5.74, 6) is 2.29. The van der Waals surface area contributed by atoms with E-state index in [4.69, 9.17) is 9.52 Å². The van der Waals surface area contributed by atoms with Gasteiger partial charge < -0.3 is 14.7 Å². The molecule has 2 aliphatic heterocycles. The molecule has 1 aromatic heterocycles. The van der Waals surface area contributed by atoms with Crippen LogP contribution < -0.4 is 5.32 Å². The normalized spacial score (nSPS) is 36.2. The predicted octanol–water partition coefficient (Wildman–Crippen LogP) is 3.08. The maximum atomic E-state index is 12.7. The SMILES string of the molecule is CC1(CC2CCN(C(=O)c3ccno3)CC2)SC(=N[C@H]2C[C@H]3CC[C@H]2C3)NC1=O. The Hall–Kier alpha value is -1.83. The lowest BCUT2D eigenvalue weighted by Gasteiger charge is -2.34. The maximum absolute atomic E-state index is 12.7. The summed E-state index contributed by atoms with van der Waals surface area (Å²) in [6.07, 6.45) is 9.30.